The van der Waals surface area contributed by atoms with Crippen LogP contribution >= 0.6 is 0 Å². The Morgan fingerprint density at radius 3 is 2.35 bits per heavy atom. The molecule has 0 bridgehead atoms. The van der Waals surface area contributed by atoms with Gasteiger partial charge in [0.05, 0.1) is 0 Å². The van der Waals surface area contributed by atoms with Crippen LogP contribution in [0.1, 0.15) is 29.5 Å². The molecule has 0 saturated heterocycles. The Balaban J connectivity index is 2.02. The minimum atomic E-state index is 0.400. The van der Waals surface area contributed by atoms with E-state index in [1.54, 1.807) is 0 Å². The molecule has 0 aromatic heterocycles. The second kappa shape index (κ2) is 4.35. The van der Waals surface area contributed by atoms with Crippen molar-refractivity contribution in [2.45, 2.75) is 12.8 Å². The van der Waals surface area contributed by atoms with Gasteiger partial charge in [-0.1, -0.05) is 78.4 Å². The monoisotopic (exact) mass is 256 g/mol. The third kappa shape index (κ3) is 1.61. The molecule has 3 aromatic carbocycles. The van der Waals surface area contributed by atoms with Crippen molar-refractivity contribution in [1.82, 2.24) is 0 Å². The SMILES string of the molecule is CC1=Cc2ccc3ccccc3c2C1c1ccccc1. The van der Waals surface area contributed by atoms with Crippen LogP contribution in [0.5, 0.6) is 0 Å². The molecule has 0 fully saturated rings. The lowest BCUT2D eigenvalue weighted by molar-refractivity contribution is 0.987. The highest BCUT2D eigenvalue weighted by Gasteiger charge is 2.25. The summed E-state index contributed by atoms with van der Waals surface area (Å²) in [5, 5.41) is 2.71. The molecule has 3 aromatic rings. The highest BCUT2D eigenvalue weighted by Crippen LogP contribution is 2.44. The van der Waals surface area contributed by atoms with Crippen LogP contribution in [0.3, 0.4) is 0 Å². The average Bonchev–Trinajstić information content (AvgIpc) is 2.84. The number of fused-ring (bicyclic) bond motifs is 3. The molecule has 0 aliphatic heterocycles. The van der Waals surface area contributed by atoms with Crippen molar-refractivity contribution >= 4 is 16.8 Å². The molecule has 0 N–H and O–H groups in total. The van der Waals surface area contributed by atoms with E-state index in [4.69, 9.17) is 0 Å². The minimum absolute atomic E-state index is 0.400. The Morgan fingerprint density at radius 1 is 0.750 bits per heavy atom. The van der Waals surface area contributed by atoms with Crippen molar-refractivity contribution in [3.05, 3.63) is 89.0 Å². The first-order valence-electron chi connectivity index (χ1n) is 7.09. The number of allylic oxidation sites excluding steroid dienone is 1. The number of benzene rings is 3. The largest absolute Gasteiger partial charge is 0.0622 e. The van der Waals surface area contributed by atoms with Gasteiger partial charge in [-0.2, -0.15) is 0 Å². The minimum Gasteiger partial charge on any atom is -0.0622 e. The molecule has 0 nitrogen and oxygen atoms in total. The van der Waals surface area contributed by atoms with Gasteiger partial charge in [0.1, 0.15) is 0 Å². The molecule has 96 valence electrons. The van der Waals surface area contributed by atoms with Gasteiger partial charge >= 0.3 is 0 Å². The van der Waals surface area contributed by atoms with Crippen molar-refractivity contribution < 1.29 is 0 Å². The van der Waals surface area contributed by atoms with Crippen LogP contribution in [-0.4, -0.2) is 0 Å². The van der Waals surface area contributed by atoms with E-state index in [-0.39, 0.29) is 0 Å². The van der Waals surface area contributed by atoms with Crippen LogP contribution in [-0.2, 0) is 0 Å². The maximum Gasteiger partial charge on any atom is 0.0311 e. The predicted molar refractivity (Wildman–Crippen MR) is 85.9 cm³/mol. The lowest BCUT2D eigenvalue weighted by atomic mass is 9.86. The summed E-state index contributed by atoms with van der Waals surface area (Å²) in [5.74, 6) is 0.400. The maximum absolute atomic E-state index is 2.33. The number of hydrogen-bond donors (Lipinski definition) is 0. The first-order chi connectivity index (χ1) is 9.84. The summed E-state index contributed by atoms with van der Waals surface area (Å²) in [6.07, 6.45) is 2.33. The van der Waals surface area contributed by atoms with Gasteiger partial charge in [-0.05, 0) is 34.4 Å². The molecule has 0 radical (unpaired) electrons. The lowest BCUT2D eigenvalue weighted by Crippen LogP contribution is -2.00. The molecule has 0 saturated carbocycles. The second-order valence-electron chi connectivity index (χ2n) is 5.52. The van der Waals surface area contributed by atoms with Gasteiger partial charge in [-0.3, -0.25) is 0 Å². The normalized spacial score (nSPS) is 17.1. The van der Waals surface area contributed by atoms with Gasteiger partial charge in [-0.15, -0.1) is 0 Å². The molecule has 20 heavy (non-hydrogen) atoms. The van der Waals surface area contributed by atoms with Crippen LogP contribution < -0.4 is 0 Å². The summed E-state index contributed by atoms with van der Waals surface area (Å²) in [6.45, 7) is 2.24. The molecular formula is C20H16. The molecular weight excluding hydrogens is 240 g/mol. The molecule has 0 heteroatoms. The van der Waals surface area contributed by atoms with Gasteiger partial charge in [0, 0.05) is 5.92 Å². The van der Waals surface area contributed by atoms with Gasteiger partial charge < -0.3 is 0 Å². The first kappa shape index (κ1) is 11.5. The molecule has 1 unspecified atom stereocenters. The first-order valence-corrected chi connectivity index (χ1v) is 7.09. The molecule has 1 aliphatic rings. The maximum atomic E-state index is 2.33. The van der Waals surface area contributed by atoms with E-state index < -0.39 is 0 Å². The zero-order valence-electron chi connectivity index (χ0n) is 11.5. The van der Waals surface area contributed by atoms with E-state index in [1.165, 1.54) is 33.0 Å². The van der Waals surface area contributed by atoms with Crippen LogP contribution in [0.4, 0.5) is 0 Å². The molecule has 1 atom stereocenters. The zero-order chi connectivity index (χ0) is 13.5. The molecule has 1 aliphatic carbocycles. The average molecular weight is 256 g/mol. The highest BCUT2D eigenvalue weighted by molar-refractivity contribution is 5.92. The Bertz CT molecular complexity index is 810. The number of rotatable bonds is 1. The summed E-state index contributed by atoms with van der Waals surface area (Å²) in [5.41, 5.74) is 5.65. The van der Waals surface area contributed by atoms with Gasteiger partial charge in [0.2, 0.25) is 0 Å². The van der Waals surface area contributed by atoms with Crippen molar-refractivity contribution in [2.24, 2.45) is 0 Å². The predicted octanol–water partition coefficient (Wildman–Crippen LogP) is 5.39. The third-order valence-corrected chi connectivity index (χ3v) is 4.26. The lowest BCUT2D eigenvalue weighted by Gasteiger charge is -2.17. The smallest absolute Gasteiger partial charge is 0.0311 e. The Kier molecular flexibility index (Phi) is 2.50. The van der Waals surface area contributed by atoms with Gasteiger partial charge in [0.25, 0.3) is 0 Å². The van der Waals surface area contributed by atoms with E-state index in [0.717, 1.165) is 0 Å². The van der Waals surface area contributed by atoms with E-state index in [9.17, 15) is 0 Å². The summed E-state index contributed by atoms with van der Waals surface area (Å²) < 4.78 is 0. The standard InChI is InChI=1S/C20H16/c1-14-13-17-12-11-15-7-5-6-10-18(15)20(17)19(14)16-8-3-2-4-9-16/h2-13,19H,1H3. The number of hydrogen-bond acceptors (Lipinski definition) is 0. The van der Waals surface area contributed by atoms with Gasteiger partial charge in [0.15, 0.2) is 0 Å². The van der Waals surface area contributed by atoms with Crippen molar-refractivity contribution in [3.8, 4) is 0 Å². The van der Waals surface area contributed by atoms with E-state index >= 15 is 0 Å². The highest BCUT2D eigenvalue weighted by atomic mass is 14.3. The van der Waals surface area contributed by atoms with E-state index in [1.807, 2.05) is 0 Å². The second-order valence-corrected chi connectivity index (χ2v) is 5.52. The van der Waals surface area contributed by atoms with Crippen molar-refractivity contribution in [1.29, 1.82) is 0 Å². The molecule has 0 heterocycles. The Labute approximate surface area is 119 Å². The van der Waals surface area contributed by atoms with E-state index in [0.29, 0.717) is 5.92 Å². The molecule has 0 spiro atoms. The van der Waals surface area contributed by atoms with Crippen LogP contribution in [0, 0.1) is 0 Å². The third-order valence-electron chi connectivity index (χ3n) is 4.26. The van der Waals surface area contributed by atoms with Crippen LogP contribution in [0.2, 0.25) is 0 Å². The molecule has 4 rings (SSSR count). The molecule has 0 amide bonds. The Morgan fingerprint density at radius 2 is 1.50 bits per heavy atom. The topological polar surface area (TPSA) is 0 Å². The van der Waals surface area contributed by atoms with Crippen molar-refractivity contribution in [3.63, 3.8) is 0 Å². The fraction of sp³-hybridized carbons (Fsp3) is 0.100. The fourth-order valence-electron chi connectivity index (χ4n) is 3.39. The summed E-state index contributed by atoms with van der Waals surface area (Å²) in [7, 11) is 0. The van der Waals surface area contributed by atoms with Crippen LogP contribution in [0.25, 0.3) is 16.8 Å². The summed E-state index contributed by atoms with van der Waals surface area (Å²) in [6, 6.07) is 24.0. The fourth-order valence-corrected chi connectivity index (χ4v) is 3.39. The quantitative estimate of drug-likeness (QED) is 0.547. The zero-order valence-corrected chi connectivity index (χ0v) is 11.5. The van der Waals surface area contributed by atoms with Crippen LogP contribution in [0.15, 0.2) is 72.3 Å². The van der Waals surface area contributed by atoms with Crippen molar-refractivity contribution in [2.75, 3.05) is 0 Å². The van der Waals surface area contributed by atoms with E-state index in [2.05, 4.69) is 79.7 Å². The summed E-state index contributed by atoms with van der Waals surface area (Å²) in [4.78, 5) is 0. The van der Waals surface area contributed by atoms with Gasteiger partial charge in [-0.25, -0.2) is 0 Å². The Hall–Kier alpha value is -2.34. The summed E-state index contributed by atoms with van der Waals surface area (Å²) >= 11 is 0.